The van der Waals surface area contributed by atoms with Gasteiger partial charge in [-0.15, -0.1) is 0 Å². The van der Waals surface area contributed by atoms with Crippen LogP contribution in [0.25, 0.3) is 10.9 Å². The van der Waals surface area contributed by atoms with E-state index in [9.17, 15) is 9.59 Å². The Balaban J connectivity index is 1.99. The second-order valence-corrected chi connectivity index (χ2v) is 8.54. The van der Waals surface area contributed by atoms with Crippen molar-refractivity contribution in [1.82, 2.24) is 9.55 Å². The average molecular weight is 431 g/mol. The van der Waals surface area contributed by atoms with Crippen molar-refractivity contribution in [1.29, 1.82) is 0 Å². The summed E-state index contributed by atoms with van der Waals surface area (Å²) in [6.07, 6.45) is 0. The highest BCUT2D eigenvalue weighted by atomic mass is 79.9. The molecule has 0 N–H and O–H groups in total. The lowest BCUT2D eigenvalue weighted by Gasteiger charge is -2.18. The van der Waals surface area contributed by atoms with E-state index in [4.69, 9.17) is 0 Å². The number of aromatic nitrogens is 2. The Bertz CT molecular complexity index is 1010. The van der Waals surface area contributed by atoms with E-state index < -0.39 is 0 Å². The molecule has 4 nitrogen and oxygen atoms in total. The Morgan fingerprint density at radius 2 is 1.73 bits per heavy atom. The summed E-state index contributed by atoms with van der Waals surface area (Å²) < 4.78 is 2.59. The zero-order valence-electron chi connectivity index (χ0n) is 14.8. The first kappa shape index (κ1) is 18.9. The molecule has 1 unspecified atom stereocenters. The molecule has 26 heavy (non-hydrogen) atoms. The number of carbonyl (C=O) groups excluding carboxylic acids is 1. The minimum atomic E-state index is -0.353. The first-order valence-electron chi connectivity index (χ1n) is 8.36. The Kier molecular flexibility index (Phi) is 5.63. The Morgan fingerprint density at radius 3 is 2.38 bits per heavy atom. The van der Waals surface area contributed by atoms with Gasteiger partial charge in [-0.2, -0.15) is 0 Å². The van der Waals surface area contributed by atoms with Crippen LogP contribution >= 0.6 is 27.7 Å². The second kappa shape index (κ2) is 7.76. The van der Waals surface area contributed by atoms with Crippen LogP contribution in [0.5, 0.6) is 0 Å². The van der Waals surface area contributed by atoms with Crippen LogP contribution in [0.4, 0.5) is 0 Å². The molecule has 1 heterocycles. The maximum atomic E-state index is 12.9. The highest BCUT2D eigenvalue weighted by molar-refractivity contribution is 9.10. The predicted octanol–water partition coefficient (Wildman–Crippen LogP) is 5.10. The molecule has 0 aliphatic rings. The van der Waals surface area contributed by atoms with Crippen molar-refractivity contribution in [2.75, 3.05) is 0 Å². The molecule has 0 saturated carbocycles. The van der Waals surface area contributed by atoms with Gasteiger partial charge in [-0.3, -0.25) is 14.2 Å². The molecule has 0 saturated heterocycles. The van der Waals surface area contributed by atoms with E-state index in [0.29, 0.717) is 21.6 Å². The van der Waals surface area contributed by atoms with Crippen LogP contribution in [-0.2, 0) is 0 Å². The van der Waals surface area contributed by atoms with Crippen LogP contribution in [0, 0.1) is 0 Å². The molecule has 3 rings (SSSR count). The van der Waals surface area contributed by atoms with E-state index in [2.05, 4.69) is 20.9 Å². The molecule has 1 aromatic heterocycles. The number of hydrogen-bond acceptors (Lipinski definition) is 4. The van der Waals surface area contributed by atoms with Gasteiger partial charge in [0.05, 0.1) is 16.2 Å². The summed E-state index contributed by atoms with van der Waals surface area (Å²) in [6.45, 7) is 5.74. The average Bonchev–Trinajstić information content (AvgIpc) is 2.61. The van der Waals surface area contributed by atoms with Crippen LogP contribution in [0.3, 0.4) is 0 Å². The van der Waals surface area contributed by atoms with Crippen molar-refractivity contribution in [3.63, 3.8) is 0 Å². The van der Waals surface area contributed by atoms with Crippen LogP contribution in [-0.4, -0.2) is 20.6 Å². The number of nitrogens with zero attached hydrogens (tertiary/aromatic N) is 2. The van der Waals surface area contributed by atoms with Gasteiger partial charge in [0, 0.05) is 16.1 Å². The topological polar surface area (TPSA) is 52.0 Å². The number of benzene rings is 2. The molecule has 0 bridgehead atoms. The summed E-state index contributed by atoms with van der Waals surface area (Å²) in [5, 5.41) is 0.813. The first-order valence-corrected chi connectivity index (χ1v) is 10.0. The number of hydrogen-bond donors (Lipinski definition) is 0. The van der Waals surface area contributed by atoms with Gasteiger partial charge in [-0.25, -0.2) is 4.98 Å². The van der Waals surface area contributed by atoms with E-state index in [1.807, 2.05) is 51.1 Å². The zero-order chi connectivity index (χ0) is 18.8. The molecular formula is C20H19BrN2O2S. The van der Waals surface area contributed by atoms with Crippen molar-refractivity contribution in [2.24, 2.45) is 0 Å². The molecule has 2 aromatic carbocycles. The minimum absolute atomic E-state index is 0.0141. The fraction of sp³-hybridized carbons (Fsp3) is 0.250. The molecule has 0 amide bonds. The van der Waals surface area contributed by atoms with Crippen molar-refractivity contribution in [3.05, 3.63) is 68.9 Å². The van der Waals surface area contributed by atoms with E-state index in [0.717, 1.165) is 4.47 Å². The summed E-state index contributed by atoms with van der Waals surface area (Å²) in [6, 6.07) is 14.6. The zero-order valence-corrected chi connectivity index (χ0v) is 17.2. The van der Waals surface area contributed by atoms with E-state index in [1.165, 1.54) is 11.8 Å². The normalized spacial score (nSPS) is 12.5. The molecule has 1 atom stereocenters. The van der Waals surface area contributed by atoms with Gasteiger partial charge in [0.1, 0.15) is 0 Å². The fourth-order valence-electron chi connectivity index (χ4n) is 2.72. The van der Waals surface area contributed by atoms with Crippen molar-refractivity contribution < 1.29 is 4.79 Å². The third kappa shape index (κ3) is 3.76. The minimum Gasteiger partial charge on any atom is -0.293 e. The van der Waals surface area contributed by atoms with E-state index in [1.54, 1.807) is 22.8 Å². The monoisotopic (exact) mass is 430 g/mol. The van der Waals surface area contributed by atoms with Gasteiger partial charge in [0.25, 0.3) is 5.56 Å². The van der Waals surface area contributed by atoms with E-state index in [-0.39, 0.29) is 22.6 Å². The lowest BCUT2D eigenvalue weighted by atomic mass is 10.1. The summed E-state index contributed by atoms with van der Waals surface area (Å²) in [4.78, 5) is 30.3. The van der Waals surface area contributed by atoms with Gasteiger partial charge < -0.3 is 0 Å². The largest absolute Gasteiger partial charge is 0.293 e. The fourth-order valence-corrected chi connectivity index (χ4v) is 4.11. The number of fused-ring (bicyclic) bond motifs is 1. The van der Waals surface area contributed by atoms with Crippen LogP contribution in [0.1, 0.15) is 37.2 Å². The number of halogens is 1. The molecule has 0 radical (unpaired) electrons. The second-order valence-electron chi connectivity index (χ2n) is 6.31. The maximum Gasteiger partial charge on any atom is 0.262 e. The summed E-state index contributed by atoms with van der Waals surface area (Å²) in [5.41, 5.74) is 1.23. The number of thioether (sulfide) groups is 1. The quantitative estimate of drug-likeness (QED) is 0.320. The Morgan fingerprint density at radius 1 is 1.08 bits per heavy atom. The standard InChI is InChI=1S/C20H19BrN2O2S/c1-12(2)23-19(25)16-6-4-5-7-17(16)22-20(23)26-13(3)18(24)14-8-10-15(21)11-9-14/h4-13H,1-3H3. The number of para-hydroxylation sites is 1. The van der Waals surface area contributed by atoms with Gasteiger partial charge >= 0.3 is 0 Å². The van der Waals surface area contributed by atoms with Crippen LogP contribution < -0.4 is 5.56 Å². The van der Waals surface area contributed by atoms with Crippen LogP contribution in [0.2, 0.25) is 0 Å². The molecule has 0 fully saturated rings. The predicted molar refractivity (Wildman–Crippen MR) is 110 cm³/mol. The number of ketones is 1. The van der Waals surface area contributed by atoms with Gasteiger partial charge in [0.15, 0.2) is 10.9 Å². The van der Waals surface area contributed by atoms with Crippen molar-refractivity contribution in [2.45, 2.75) is 37.2 Å². The Hall–Kier alpha value is -1.92. The third-order valence-electron chi connectivity index (χ3n) is 4.07. The van der Waals surface area contributed by atoms with Gasteiger partial charge in [-0.05, 0) is 45.0 Å². The SMILES string of the molecule is CC(Sc1nc2ccccc2c(=O)n1C(C)C)C(=O)c1ccc(Br)cc1. The van der Waals surface area contributed by atoms with Crippen molar-refractivity contribution in [3.8, 4) is 0 Å². The highest BCUT2D eigenvalue weighted by Gasteiger charge is 2.21. The highest BCUT2D eigenvalue weighted by Crippen LogP contribution is 2.27. The summed E-state index contributed by atoms with van der Waals surface area (Å²) >= 11 is 4.70. The Labute approximate surface area is 164 Å². The number of Topliss-reactive ketones (excluding diaryl/α,β-unsaturated/α-hetero) is 1. The number of carbonyl (C=O) groups is 1. The third-order valence-corrected chi connectivity index (χ3v) is 5.67. The van der Waals surface area contributed by atoms with Crippen molar-refractivity contribution >= 4 is 44.4 Å². The van der Waals surface area contributed by atoms with Gasteiger partial charge in [-0.1, -0.05) is 52.0 Å². The molecule has 0 aliphatic heterocycles. The molecule has 6 heteroatoms. The molecule has 0 spiro atoms. The van der Waals surface area contributed by atoms with E-state index >= 15 is 0 Å². The molecule has 3 aromatic rings. The summed E-state index contributed by atoms with van der Waals surface area (Å²) in [5.74, 6) is 0.0141. The molecule has 134 valence electrons. The maximum absolute atomic E-state index is 12.9. The van der Waals surface area contributed by atoms with Crippen LogP contribution in [0.15, 0.2) is 63.0 Å². The molecular weight excluding hydrogens is 412 g/mol. The molecule has 0 aliphatic carbocycles. The summed E-state index contributed by atoms with van der Waals surface area (Å²) in [7, 11) is 0. The smallest absolute Gasteiger partial charge is 0.262 e. The van der Waals surface area contributed by atoms with Gasteiger partial charge in [0.2, 0.25) is 0 Å². The number of rotatable bonds is 5. The first-order chi connectivity index (χ1) is 12.4. The lowest BCUT2D eigenvalue weighted by molar-refractivity contribution is 0.0993. The lowest BCUT2D eigenvalue weighted by Crippen LogP contribution is -2.26.